The van der Waals surface area contributed by atoms with E-state index in [0.717, 1.165) is 35.6 Å². The third-order valence-corrected chi connectivity index (χ3v) is 7.14. The van der Waals surface area contributed by atoms with Crippen LogP contribution in [0.15, 0.2) is 21.1 Å². The molecule has 3 heterocycles. The van der Waals surface area contributed by atoms with Gasteiger partial charge < -0.3 is 20.8 Å². The molecule has 4 atom stereocenters. The highest BCUT2D eigenvalue weighted by Crippen LogP contribution is 2.50. The first kappa shape index (κ1) is 20.2. The Morgan fingerprint density at radius 2 is 2.22 bits per heavy atom. The molecule has 1 fully saturated rings. The zero-order valence-electron chi connectivity index (χ0n) is 15.1. The molecule has 0 saturated carbocycles. The number of aliphatic carboxylic acids is 1. The molecule has 1 aromatic heterocycles. The number of nitrogens with two attached hydrogens (primary N) is 1. The standard InChI is InChI=1S/C17H24N4O4S2/c1-9(22)12-13-10(5-3-2-4-6-18)11(7-26-17-20-19-8-27-17)14(16(24)25)21(13)15(12)23/h8-10,12-13,22H,2-7,18H2,1H3,(H,24,25)/t9-,10+,12-,13-/m1/s1. The van der Waals surface area contributed by atoms with Crippen LogP contribution in [-0.4, -0.2) is 61.6 Å². The summed E-state index contributed by atoms with van der Waals surface area (Å²) in [5, 5.41) is 27.6. The highest BCUT2D eigenvalue weighted by molar-refractivity contribution is 8.01. The van der Waals surface area contributed by atoms with E-state index < -0.39 is 18.0 Å². The Kier molecular flexibility index (Phi) is 6.51. The Labute approximate surface area is 165 Å². The number of carbonyl (C=O) groups is 2. The Hall–Kier alpha value is -1.49. The third-order valence-electron chi connectivity index (χ3n) is 5.23. The maximum atomic E-state index is 12.5. The molecule has 148 valence electrons. The largest absolute Gasteiger partial charge is 0.477 e. The molecule has 2 aliphatic rings. The van der Waals surface area contributed by atoms with Crippen molar-refractivity contribution in [2.75, 3.05) is 12.3 Å². The molecule has 0 bridgehead atoms. The van der Waals surface area contributed by atoms with Crippen LogP contribution in [0.4, 0.5) is 0 Å². The monoisotopic (exact) mass is 412 g/mol. The average Bonchev–Trinajstić information content (AvgIpc) is 3.21. The highest BCUT2D eigenvalue weighted by atomic mass is 32.2. The highest BCUT2D eigenvalue weighted by Gasteiger charge is 2.60. The number of aliphatic hydroxyl groups excluding tert-OH is 1. The van der Waals surface area contributed by atoms with Crippen molar-refractivity contribution in [1.29, 1.82) is 0 Å². The van der Waals surface area contributed by atoms with Gasteiger partial charge in [0.2, 0.25) is 5.91 Å². The summed E-state index contributed by atoms with van der Waals surface area (Å²) < 4.78 is 0.766. The van der Waals surface area contributed by atoms with Crippen LogP contribution in [-0.2, 0) is 9.59 Å². The molecule has 8 nitrogen and oxygen atoms in total. The molecule has 0 radical (unpaired) electrons. The van der Waals surface area contributed by atoms with E-state index in [1.165, 1.54) is 28.0 Å². The second-order valence-electron chi connectivity index (χ2n) is 6.88. The van der Waals surface area contributed by atoms with Gasteiger partial charge in [0.15, 0.2) is 4.34 Å². The van der Waals surface area contributed by atoms with E-state index in [4.69, 9.17) is 5.73 Å². The number of carbonyl (C=O) groups excluding carboxylic acids is 1. The van der Waals surface area contributed by atoms with Gasteiger partial charge in [-0.3, -0.25) is 4.79 Å². The Morgan fingerprint density at radius 3 is 2.81 bits per heavy atom. The summed E-state index contributed by atoms with van der Waals surface area (Å²) in [5.74, 6) is -1.54. The lowest BCUT2D eigenvalue weighted by atomic mass is 9.75. The molecule has 0 spiro atoms. The molecule has 27 heavy (non-hydrogen) atoms. The van der Waals surface area contributed by atoms with Crippen LogP contribution in [0.5, 0.6) is 0 Å². The van der Waals surface area contributed by atoms with E-state index in [1.807, 2.05) is 0 Å². The topological polar surface area (TPSA) is 130 Å². The summed E-state index contributed by atoms with van der Waals surface area (Å²) in [6.45, 7) is 2.23. The summed E-state index contributed by atoms with van der Waals surface area (Å²) in [7, 11) is 0. The van der Waals surface area contributed by atoms with E-state index in [0.29, 0.717) is 12.3 Å². The summed E-state index contributed by atoms with van der Waals surface area (Å²) in [6, 6.07) is -0.272. The van der Waals surface area contributed by atoms with Crippen molar-refractivity contribution >= 4 is 35.0 Å². The lowest BCUT2D eigenvalue weighted by molar-refractivity contribution is -0.163. The number of aliphatic hydroxyl groups is 1. The van der Waals surface area contributed by atoms with Gasteiger partial charge in [-0.2, -0.15) is 0 Å². The molecule has 0 aliphatic carbocycles. The number of unbranched alkanes of at least 4 members (excludes halogenated alkanes) is 2. The molecule has 0 unspecified atom stereocenters. The Bertz CT molecular complexity index is 723. The van der Waals surface area contributed by atoms with Crippen molar-refractivity contribution < 1.29 is 19.8 Å². The predicted octanol–water partition coefficient (Wildman–Crippen LogP) is 1.33. The minimum atomic E-state index is -1.09. The van der Waals surface area contributed by atoms with Crippen LogP contribution in [0, 0.1) is 11.8 Å². The van der Waals surface area contributed by atoms with Gasteiger partial charge in [0.1, 0.15) is 11.2 Å². The van der Waals surface area contributed by atoms with Gasteiger partial charge in [0.25, 0.3) is 0 Å². The number of carboxylic acids is 1. The fourth-order valence-corrected chi connectivity index (χ4v) is 5.65. The van der Waals surface area contributed by atoms with Crippen molar-refractivity contribution in [2.24, 2.45) is 17.6 Å². The van der Waals surface area contributed by atoms with Gasteiger partial charge in [0.05, 0.1) is 18.1 Å². The van der Waals surface area contributed by atoms with Gasteiger partial charge in [-0.1, -0.05) is 35.9 Å². The number of carboxylic acid groups (broad SMARTS) is 1. The number of rotatable bonds is 10. The fourth-order valence-electron chi connectivity index (χ4n) is 4.06. The number of hydrogen-bond acceptors (Lipinski definition) is 8. The van der Waals surface area contributed by atoms with Gasteiger partial charge in [0, 0.05) is 11.7 Å². The SMILES string of the molecule is C[C@@H](O)[C@H]1C(=O)N2C(C(=O)O)=C(CSc3nncs3)[C@H](CCCCCN)[C@H]12. The average molecular weight is 413 g/mol. The number of fused-ring (bicyclic) bond motifs is 1. The molecule has 10 heteroatoms. The number of aromatic nitrogens is 2. The first-order chi connectivity index (χ1) is 13.0. The number of hydrogen-bond donors (Lipinski definition) is 3. The van der Waals surface area contributed by atoms with Crippen LogP contribution >= 0.6 is 23.1 Å². The number of nitrogens with zero attached hydrogens (tertiary/aromatic N) is 3. The van der Waals surface area contributed by atoms with Gasteiger partial charge in [-0.15, -0.1) is 10.2 Å². The van der Waals surface area contributed by atoms with Crippen LogP contribution in [0.1, 0.15) is 32.6 Å². The maximum absolute atomic E-state index is 12.5. The summed E-state index contributed by atoms with van der Waals surface area (Å²) in [4.78, 5) is 25.9. The summed E-state index contributed by atoms with van der Waals surface area (Å²) in [6.07, 6.45) is 2.78. The van der Waals surface area contributed by atoms with Crippen molar-refractivity contribution in [3.63, 3.8) is 0 Å². The van der Waals surface area contributed by atoms with Crippen molar-refractivity contribution in [1.82, 2.24) is 15.1 Å². The number of β-lactam (4-membered cyclic amide) rings is 1. The van der Waals surface area contributed by atoms with Gasteiger partial charge in [-0.05, 0) is 31.9 Å². The first-order valence-corrected chi connectivity index (χ1v) is 10.9. The molecule has 0 aromatic carbocycles. The minimum absolute atomic E-state index is 0.0633. The molecule has 1 saturated heterocycles. The lowest BCUT2D eigenvalue weighted by Gasteiger charge is -2.47. The summed E-state index contributed by atoms with van der Waals surface area (Å²) >= 11 is 2.84. The van der Waals surface area contributed by atoms with Gasteiger partial charge in [-0.25, -0.2) is 4.79 Å². The van der Waals surface area contributed by atoms with E-state index in [2.05, 4.69) is 10.2 Å². The zero-order chi connectivity index (χ0) is 19.6. The minimum Gasteiger partial charge on any atom is -0.477 e. The quantitative estimate of drug-likeness (QED) is 0.298. The maximum Gasteiger partial charge on any atom is 0.352 e. The van der Waals surface area contributed by atoms with Crippen LogP contribution < -0.4 is 5.73 Å². The van der Waals surface area contributed by atoms with Crippen molar-refractivity contribution in [2.45, 2.75) is 49.1 Å². The first-order valence-electron chi connectivity index (χ1n) is 9.03. The molecule has 2 aliphatic heterocycles. The predicted molar refractivity (Wildman–Crippen MR) is 102 cm³/mol. The third kappa shape index (κ3) is 3.89. The molecule has 1 aromatic rings. The fraction of sp³-hybridized carbons (Fsp3) is 0.647. The Morgan fingerprint density at radius 1 is 1.44 bits per heavy atom. The van der Waals surface area contributed by atoms with E-state index in [9.17, 15) is 19.8 Å². The van der Waals surface area contributed by atoms with Gasteiger partial charge >= 0.3 is 5.97 Å². The van der Waals surface area contributed by atoms with Crippen LogP contribution in [0.2, 0.25) is 0 Å². The van der Waals surface area contributed by atoms with Crippen LogP contribution in [0.3, 0.4) is 0 Å². The lowest BCUT2D eigenvalue weighted by Crippen LogP contribution is -2.63. The van der Waals surface area contributed by atoms with E-state index in [-0.39, 0.29) is 23.6 Å². The van der Waals surface area contributed by atoms with E-state index >= 15 is 0 Å². The smallest absolute Gasteiger partial charge is 0.352 e. The molecule has 3 rings (SSSR count). The second kappa shape index (κ2) is 8.68. The second-order valence-corrected chi connectivity index (χ2v) is 8.94. The zero-order valence-corrected chi connectivity index (χ0v) is 16.7. The Balaban J connectivity index is 1.85. The van der Waals surface area contributed by atoms with Crippen molar-refractivity contribution in [3.8, 4) is 0 Å². The molecular weight excluding hydrogens is 388 g/mol. The van der Waals surface area contributed by atoms with Crippen molar-refractivity contribution in [3.05, 3.63) is 16.8 Å². The normalized spacial score (nSPS) is 25.5. The number of thioether (sulfide) groups is 1. The molecule has 4 N–H and O–H groups in total. The molecule has 1 amide bonds. The van der Waals surface area contributed by atoms with Crippen LogP contribution in [0.25, 0.3) is 0 Å². The number of amides is 1. The summed E-state index contributed by atoms with van der Waals surface area (Å²) in [5.41, 5.74) is 8.05. The molecular formula is C17H24N4O4S2. The van der Waals surface area contributed by atoms with E-state index in [1.54, 1.807) is 12.4 Å².